The zero-order valence-electron chi connectivity index (χ0n) is 12.3. The average molecular weight is 331 g/mol. The summed E-state index contributed by atoms with van der Waals surface area (Å²) in [5.74, 6) is -3.28. The van der Waals surface area contributed by atoms with Gasteiger partial charge in [-0.25, -0.2) is 4.39 Å². The van der Waals surface area contributed by atoms with Gasteiger partial charge in [0.05, 0.1) is 5.56 Å². The molecule has 0 atom stereocenters. The van der Waals surface area contributed by atoms with Gasteiger partial charge in [0, 0.05) is 18.7 Å². The van der Waals surface area contributed by atoms with Crippen molar-refractivity contribution in [2.75, 3.05) is 13.1 Å². The van der Waals surface area contributed by atoms with E-state index in [0.717, 1.165) is 6.07 Å². The van der Waals surface area contributed by atoms with Gasteiger partial charge >= 0.3 is 12.1 Å². The lowest BCUT2D eigenvalue weighted by Gasteiger charge is -2.18. The number of alkyl halides is 3. The van der Waals surface area contributed by atoms with Crippen LogP contribution in [0.3, 0.4) is 0 Å². The number of carbonyl (C=O) groups is 1. The Morgan fingerprint density at radius 2 is 1.91 bits per heavy atom. The van der Waals surface area contributed by atoms with Crippen LogP contribution in [-0.2, 0) is 6.18 Å². The fourth-order valence-electron chi connectivity index (χ4n) is 1.96. The lowest BCUT2D eigenvalue weighted by atomic mass is 10.1. The van der Waals surface area contributed by atoms with E-state index in [0.29, 0.717) is 13.1 Å². The van der Waals surface area contributed by atoms with Crippen LogP contribution >= 0.6 is 0 Å². The fraction of sp³-hybridized carbons (Fsp3) is 0.357. The van der Waals surface area contributed by atoms with Crippen molar-refractivity contribution in [1.29, 1.82) is 0 Å². The molecule has 5 nitrogen and oxygen atoms in total. The van der Waals surface area contributed by atoms with Gasteiger partial charge < -0.3 is 9.42 Å². The molecular formula is C14H13F4N3O2. The maximum Gasteiger partial charge on any atom is 0.471 e. The van der Waals surface area contributed by atoms with Crippen LogP contribution in [0.4, 0.5) is 17.6 Å². The highest BCUT2D eigenvalue weighted by molar-refractivity contribution is 5.94. The third-order valence-electron chi connectivity index (χ3n) is 3.18. The number of nitrogens with zero attached hydrogens (tertiary/aromatic N) is 3. The average Bonchev–Trinajstić information content (AvgIpc) is 2.98. The number of halogens is 4. The molecule has 0 N–H and O–H groups in total. The highest BCUT2D eigenvalue weighted by Crippen LogP contribution is 2.29. The minimum atomic E-state index is -4.78. The monoisotopic (exact) mass is 331 g/mol. The van der Waals surface area contributed by atoms with Crippen LogP contribution in [0.15, 0.2) is 22.7 Å². The molecule has 0 aliphatic rings. The lowest BCUT2D eigenvalue weighted by Crippen LogP contribution is -2.31. The van der Waals surface area contributed by atoms with Crippen molar-refractivity contribution < 1.29 is 26.9 Å². The predicted octanol–water partition coefficient (Wildman–Crippen LogP) is 3.38. The number of carbonyl (C=O) groups excluding carboxylic acids is 1. The molecule has 0 unspecified atom stereocenters. The predicted molar refractivity (Wildman–Crippen MR) is 71.9 cm³/mol. The van der Waals surface area contributed by atoms with Gasteiger partial charge in [0.15, 0.2) is 0 Å². The summed E-state index contributed by atoms with van der Waals surface area (Å²) in [7, 11) is 0. The van der Waals surface area contributed by atoms with Crippen molar-refractivity contribution in [3.05, 3.63) is 35.5 Å². The van der Waals surface area contributed by atoms with E-state index in [-0.39, 0.29) is 11.1 Å². The standard InChI is InChI=1S/C14H13F4N3O2/c1-3-21(4-2)12(22)9-6-5-8(7-10(9)15)11-19-13(23-20-11)14(16,17)18/h5-7H,3-4H2,1-2H3. The SMILES string of the molecule is CCN(CC)C(=O)c1ccc(-c2noc(C(F)(F)F)n2)cc1F. The van der Waals surface area contributed by atoms with Gasteiger partial charge in [0.2, 0.25) is 5.82 Å². The van der Waals surface area contributed by atoms with Crippen molar-refractivity contribution in [2.24, 2.45) is 0 Å². The zero-order chi connectivity index (χ0) is 17.2. The first-order chi connectivity index (χ1) is 10.8. The van der Waals surface area contributed by atoms with Crippen molar-refractivity contribution in [3.8, 4) is 11.4 Å². The summed E-state index contributed by atoms with van der Waals surface area (Å²) in [6.07, 6.45) is -4.78. The van der Waals surface area contributed by atoms with Crippen molar-refractivity contribution in [2.45, 2.75) is 20.0 Å². The van der Waals surface area contributed by atoms with E-state index < -0.39 is 29.6 Å². The Labute approximate surface area is 128 Å². The van der Waals surface area contributed by atoms with Gasteiger partial charge in [-0.15, -0.1) is 0 Å². The Morgan fingerprint density at radius 1 is 1.26 bits per heavy atom. The Hall–Kier alpha value is -2.45. The topological polar surface area (TPSA) is 59.2 Å². The van der Waals surface area contributed by atoms with E-state index in [2.05, 4.69) is 14.7 Å². The molecule has 0 spiro atoms. The molecule has 0 radical (unpaired) electrons. The Morgan fingerprint density at radius 3 is 2.39 bits per heavy atom. The summed E-state index contributed by atoms with van der Waals surface area (Å²) in [6.45, 7) is 4.34. The van der Waals surface area contributed by atoms with E-state index >= 15 is 0 Å². The molecule has 9 heteroatoms. The third-order valence-corrected chi connectivity index (χ3v) is 3.18. The van der Waals surface area contributed by atoms with Crippen LogP contribution in [0.1, 0.15) is 30.1 Å². The smallest absolute Gasteiger partial charge is 0.339 e. The van der Waals surface area contributed by atoms with Crippen LogP contribution < -0.4 is 0 Å². The molecule has 1 aromatic heterocycles. The number of rotatable bonds is 4. The fourth-order valence-corrected chi connectivity index (χ4v) is 1.96. The van der Waals surface area contributed by atoms with E-state index in [1.165, 1.54) is 17.0 Å². The van der Waals surface area contributed by atoms with Gasteiger partial charge in [0.25, 0.3) is 5.91 Å². The molecule has 23 heavy (non-hydrogen) atoms. The minimum absolute atomic E-state index is 0.0159. The van der Waals surface area contributed by atoms with Gasteiger partial charge in [0.1, 0.15) is 5.82 Å². The van der Waals surface area contributed by atoms with Gasteiger partial charge in [-0.1, -0.05) is 11.2 Å². The quantitative estimate of drug-likeness (QED) is 0.806. The highest BCUT2D eigenvalue weighted by Gasteiger charge is 2.38. The highest BCUT2D eigenvalue weighted by atomic mass is 19.4. The van der Waals surface area contributed by atoms with E-state index in [9.17, 15) is 22.4 Å². The molecule has 0 saturated carbocycles. The largest absolute Gasteiger partial charge is 0.471 e. The number of aromatic nitrogens is 2. The Bertz CT molecular complexity index is 708. The van der Waals surface area contributed by atoms with Gasteiger partial charge in [-0.2, -0.15) is 18.2 Å². The minimum Gasteiger partial charge on any atom is -0.339 e. The van der Waals surface area contributed by atoms with Crippen LogP contribution in [0, 0.1) is 5.82 Å². The summed E-state index contributed by atoms with van der Waals surface area (Å²) in [6, 6.07) is 3.36. The lowest BCUT2D eigenvalue weighted by molar-refractivity contribution is -0.159. The van der Waals surface area contributed by atoms with Crippen molar-refractivity contribution in [1.82, 2.24) is 15.0 Å². The summed E-state index contributed by atoms with van der Waals surface area (Å²) in [5, 5.41) is 3.17. The second-order valence-electron chi connectivity index (χ2n) is 4.59. The number of benzene rings is 1. The van der Waals surface area contributed by atoms with E-state index in [1.807, 2.05) is 0 Å². The van der Waals surface area contributed by atoms with Crippen molar-refractivity contribution >= 4 is 5.91 Å². The van der Waals surface area contributed by atoms with Crippen molar-refractivity contribution in [3.63, 3.8) is 0 Å². The first-order valence-corrected chi connectivity index (χ1v) is 6.78. The maximum atomic E-state index is 14.1. The molecule has 1 amide bonds. The van der Waals surface area contributed by atoms with Gasteiger partial charge in [-0.3, -0.25) is 4.79 Å². The molecule has 124 valence electrons. The molecular weight excluding hydrogens is 318 g/mol. The van der Waals surface area contributed by atoms with Crippen LogP contribution in [-0.4, -0.2) is 34.0 Å². The molecule has 1 heterocycles. The second kappa shape index (κ2) is 6.35. The first-order valence-electron chi connectivity index (χ1n) is 6.78. The normalized spacial score (nSPS) is 11.6. The molecule has 0 aliphatic carbocycles. The first kappa shape index (κ1) is 16.9. The second-order valence-corrected chi connectivity index (χ2v) is 4.59. The Balaban J connectivity index is 2.33. The van der Waals surface area contributed by atoms with Crippen LogP contribution in [0.25, 0.3) is 11.4 Å². The molecule has 0 saturated heterocycles. The summed E-state index contributed by atoms with van der Waals surface area (Å²) < 4.78 is 55.4. The van der Waals surface area contributed by atoms with Crippen LogP contribution in [0.5, 0.6) is 0 Å². The molecule has 2 aromatic rings. The summed E-state index contributed by atoms with van der Waals surface area (Å²) in [5.41, 5.74) is -0.185. The molecule has 0 fully saturated rings. The molecule has 0 aliphatic heterocycles. The Kier molecular flexibility index (Phi) is 4.67. The number of hydrogen-bond donors (Lipinski definition) is 0. The molecule has 1 aromatic carbocycles. The van der Waals surface area contributed by atoms with Crippen LogP contribution in [0.2, 0.25) is 0 Å². The summed E-state index contributed by atoms with van der Waals surface area (Å²) in [4.78, 5) is 16.7. The third kappa shape index (κ3) is 3.49. The molecule has 0 bridgehead atoms. The zero-order valence-corrected chi connectivity index (χ0v) is 12.3. The molecule has 2 rings (SSSR count). The van der Waals surface area contributed by atoms with E-state index in [4.69, 9.17) is 0 Å². The number of amides is 1. The summed E-state index contributed by atoms with van der Waals surface area (Å²) >= 11 is 0. The van der Waals surface area contributed by atoms with E-state index in [1.54, 1.807) is 13.8 Å². The number of hydrogen-bond acceptors (Lipinski definition) is 4. The maximum absolute atomic E-state index is 14.1. The van der Waals surface area contributed by atoms with Gasteiger partial charge in [-0.05, 0) is 26.0 Å².